The van der Waals surface area contributed by atoms with Crippen molar-refractivity contribution in [2.45, 2.75) is 50.8 Å². The highest BCUT2D eigenvalue weighted by molar-refractivity contribution is 7.99. The highest BCUT2D eigenvalue weighted by atomic mass is 32.2. The number of nitrogens with one attached hydrogen (secondary N) is 2. The maximum absolute atomic E-state index is 12.6. The van der Waals surface area contributed by atoms with Gasteiger partial charge in [0.05, 0.1) is 5.56 Å². The van der Waals surface area contributed by atoms with Crippen LogP contribution in [0.25, 0.3) is 0 Å². The lowest BCUT2D eigenvalue weighted by molar-refractivity contribution is 0.0929. The first kappa shape index (κ1) is 16.2. The smallest absolute Gasteiger partial charge is 0.253 e. The number of aryl methyl sites for hydroxylation is 1. The summed E-state index contributed by atoms with van der Waals surface area (Å²) in [7, 11) is 0. The van der Waals surface area contributed by atoms with Gasteiger partial charge in [-0.2, -0.15) is 11.8 Å². The molecule has 4 heteroatoms. The van der Waals surface area contributed by atoms with Crippen molar-refractivity contribution in [3.63, 3.8) is 0 Å². The Balaban J connectivity index is 2.01. The maximum atomic E-state index is 12.6. The zero-order valence-electron chi connectivity index (χ0n) is 13.2. The molecule has 2 N–H and O–H groups in total. The molecule has 3 nitrogen and oxygen atoms in total. The molecule has 1 amide bonds. The Labute approximate surface area is 132 Å². The molecule has 0 spiro atoms. The van der Waals surface area contributed by atoms with E-state index in [9.17, 15) is 4.79 Å². The van der Waals surface area contributed by atoms with E-state index in [0.29, 0.717) is 6.04 Å². The third-order valence-electron chi connectivity index (χ3n) is 4.13. The van der Waals surface area contributed by atoms with Gasteiger partial charge in [0, 0.05) is 23.5 Å². The van der Waals surface area contributed by atoms with Crippen molar-refractivity contribution in [2.75, 3.05) is 18.1 Å². The van der Waals surface area contributed by atoms with Gasteiger partial charge in [0.1, 0.15) is 0 Å². The Bertz CT molecular complexity index is 482. The van der Waals surface area contributed by atoms with Crippen molar-refractivity contribution in [1.29, 1.82) is 0 Å². The molecule has 1 aromatic carbocycles. The monoisotopic (exact) mass is 306 g/mol. The van der Waals surface area contributed by atoms with Gasteiger partial charge in [-0.15, -0.1) is 0 Å². The molecule has 0 aliphatic heterocycles. The van der Waals surface area contributed by atoms with Crippen LogP contribution in [0, 0.1) is 6.92 Å². The van der Waals surface area contributed by atoms with Gasteiger partial charge in [-0.3, -0.25) is 4.79 Å². The van der Waals surface area contributed by atoms with Gasteiger partial charge in [0.15, 0.2) is 0 Å². The zero-order chi connectivity index (χ0) is 15.2. The van der Waals surface area contributed by atoms with Crippen molar-refractivity contribution in [3.05, 3.63) is 29.3 Å². The van der Waals surface area contributed by atoms with E-state index in [1.165, 1.54) is 12.8 Å². The largest absolute Gasteiger partial charge is 0.385 e. The Morgan fingerprint density at radius 3 is 2.62 bits per heavy atom. The fraction of sp³-hybridized carbons (Fsp3) is 0.588. The summed E-state index contributed by atoms with van der Waals surface area (Å²) >= 11 is 1.95. The quantitative estimate of drug-likeness (QED) is 0.868. The summed E-state index contributed by atoms with van der Waals surface area (Å²) in [5, 5.41) is 7.26. The fourth-order valence-corrected chi connectivity index (χ4v) is 3.64. The lowest BCUT2D eigenvalue weighted by atomic mass is 9.94. The average Bonchev–Trinajstić information content (AvgIpc) is 2.50. The molecule has 1 aliphatic rings. The minimum absolute atomic E-state index is 0.0576. The highest BCUT2D eigenvalue weighted by Crippen LogP contribution is 2.27. The normalized spacial score (nSPS) is 21.9. The first-order valence-corrected chi connectivity index (χ1v) is 9.11. The Kier molecular flexibility index (Phi) is 5.97. The molecule has 0 bridgehead atoms. The summed E-state index contributed by atoms with van der Waals surface area (Å²) in [4.78, 5) is 12.6. The SMILES string of the molecule is CCNc1ccc(C)cc1C(=O)NC1CCC(SC)CC1. The van der Waals surface area contributed by atoms with Crippen molar-refractivity contribution in [2.24, 2.45) is 0 Å². The minimum atomic E-state index is 0.0576. The lowest BCUT2D eigenvalue weighted by Gasteiger charge is -2.28. The molecule has 1 aromatic rings. The molecule has 1 aliphatic carbocycles. The van der Waals surface area contributed by atoms with Crippen molar-refractivity contribution in [1.82, 2.24) is 5.32 Å². The van der Waals surface area contributed by atoms with Crippen LogP contribution in [-0.2, 0) is 0 Å². The van der Waals surface area contributed by atoms with Crippen LogP contribution in [0.2, 0.25) is 0 Å². The van der Waals surface area contributed by atoms with E-state index >= 15 is 0 Å². The molecule has 0 atom stereocenters. The predicted octanol–water partition coefficient (Wildman–Crippen LogP) is 3.83. The van der Waals surface area contributed by atoms with Crippen LogP contribution in [0.3, 0.4) is 0 Å². The van der Waals surface area contributed by atoms with Crippen LogP contribution >= 0.6 is 11.8 Å². The van der Waals surface area contributed by atoms with Crippen molar-refractivity contribution < 1.29 is 4.79 Å². The lowest BCUT2D eigenvalue weighted by Crippen LogP contribution is -2.38. The molecular formula is C17H26N2OS. The van der Waals surface area contributed by atoms with Gasteiger partial charge < -0.3 is 10.6 Å². The summed E-state index contributed by atoms with van der Waals surface area (Å²) in [5.74, 6) is 0.0576. The van der Waals surface area contributed by atoms with E-state index < -0.39 is 0 Å². The first-order chi connectivity index (χ1) is 10.1. The van der Waals surface area contributed by atoms with Crippen LogP contribution in [0.5, 0.6) is 0 Å². The van der Waals surface area contributed by atoms with Crippen molar-refractivity contribution >= 4 is 23.4 Å². The molecule has 0 unspecified atom stereocenters. The number of amides is 1. The van der Waals surface area contributed by atoms with Crippen LogP contribution in [0.1, 0.15) is 48.5 Å². The summed E-state index contributed by atoms with van der Waals surface area (Å²) in [6.07, 6.45) is 6.79. The van der Waals surface area contributed by atoms with Gasteiger partial charge in [0.2, 0.25) is 0 Å². The molecule has 0 saturated heterocycles. The predicted molar refractivity (Wildman–Crippen MR) is 92.4 cm³/mol. The van der Waals surface area contributed by atoms with E-state index in [1.54, 1.807) is 0 Å². The molecule has 2 rings (SSSR count). The highest BCUT2D eigenvalue weighted by Gasteiger charge is 2.23. The molecule has 116 valence electrons. The van der Waals surface area contributed by atoms with Crippen LogP contribution in [-0.4, -0.2) is 30.0 Å². The third kappa shape index (κ3) is 4.40. The standard InChI is InChI=1S/C17H26N2OS/c1-4-18-16-10-5-12(2)11-15(16)17(20)19-13-6-8-14(21-3)9-7-13/h5,10-11,13-14,18H,4,6-9H2,1-3H3,(H,19,20). The Morgan fingerprint density at radius 1 is 1.29 bits per heavy atom. The summed E-state index contributed by atoms with van der Waals surface area (Å²) < 4.78 is 0. The van der Waals surface area contributed by atoms with Gasteiger partial charge in [-0.1, -0.05) is 11.6 Å². The number of thioether (sulfide) groups is 1. The second-order valence-corrected chi connectivity index (χ2v) is 6.90. The number of hydrogen-bond donors (Lipinski definition) is 2. The molecule has 0 aromatic heterocycles. The average molecular weight is 306 g/mol. The second-order valence-electron chi connectivity index (χ2n) is 5.76. The molecule has 21 heavy (non-hydrogen) atoms. The summed E-state index contributed by atoms with van der Waals surface area (Å²) in [6.45, 7) is 4.89. The zero-order valence-corrected chi connectivity index (χ0v) is 14.1. The minimum Gasteiger partial charge on any atom is -0.385 e. The third-order valence-corrected chi connectivity index (χ3v) is 5.27. The van der Waals surface area contributed by atoms with E-state index in [-0.39, 0.29) is 5.91 Å². The molecule has 1 fully saturated rings. The molecule has 0 heterocycles. The number of anilines is 1. The van der Waals surface area contributed by atoms with Gasteiger partial charge in [0.25, 0.3) is 5.91 Å². The number of carbonyl (C=O) groups is 1. The fourth-order valence-electron chi connectivity index (χ4n) is 2.90. The maximum Gasteiger partial charge on any atom is 0.253 e. The van der Waals surface area contributed by atoms with E-state index in [0.717, 1.165) is 41.5 Å². The summed E-state index contributed by atoms with van der Waals surface area (Å²) in [6, 6.07) is 6.34. The Hall–Kier alpha value is -1.16. The van der Waals surface area contributed by atoms with Crippen molar-refractivity contribution in [3.8, 4) is 0 Å². The summed E-state index contributed by atoms with van der Waals surface area (Å²) in [5.41, 5.74) is 2.81. The van der Waals surface area contributed by atoms with Gasteiger partial charge in [-0.25, -0.2) is 0 Å². The van der Waals surface area contributed by atoms with Gasteiger partial charge >= 0.3 is 0 Å². The molecular weight excluding hydrogens is 280 g/mol. The van der Waals surface area contributed by atoms with E-state index in [4.69, 9.17) is 0 Å². The molecule has 1 saturated carbocycles. The topological polar surface area (TPSA) is 41.1 Å². The number of rotatable bonds is 5. The van der Waals surface area contributed by atoms with E-state index in [1.807, 2.05) is 43.8 Å². The van der Waals surface area contributed by atoms with Crippen LogP contribution < -0.4 is 10.6 Å². The first-order valence-electron chi connectivity index (χ1n) is 7.82. The van der Waals surface area contributed by atoms with Crippen LogP contribution in [0.15, 0.2) is 18.2 Å². The number of carbonyl (C=O) groups excluding carboxylic acids is 1. The second kappa shape index (κ2) is 7.74. The number of benzene rings is 1. The van der Waals surface area contributed by atoms with E-state index in [2.05, 4.69) is 16.9 Å². The van der Waals surface area contributed by atoms with Crippen LogP contribution in [0.4, 0.5) is 5.69 Å². The number of hydrogen-bond acceptors (Lipinski definition) is 3. The Morgan fingerprint density at radius 2 is 2.00 bits per heavy atom. The van der Waals surface area contributed by atoms with Gasteiger partial charge in [-0.05, 0) is 57.9 Å². The molecule has 0 radical (unpaired) electrons.